The molecule has 0 aliphatic carbocycles. The first-order valence-electron chi connectivity index (χ1n) is 5.93. The fourth-order valence-electron chi connectivity index (χ4n) is 2.20. The Kier molecular flexibility index (Phi) is 2.49. The SMILES string of the molecule is Cc1ccc(=O)n(-c2cccc3ccccc23)c1. The van der Waals surface area contributed by atoms with Gasteiger partial charge in [0.2, 0.25) is 0 Å². The van der Waals surface area contributed by atoms with E-state index in [4.69, 9.17) is 0 Å². The highest BCUT2D eigenvalue weighted by molar-refractivity contribution is 5.90. The van der Waals surface area contributed by atoms with Crippen molar-refractivity contribution in [3.63, 3.8) is 0 Å². The summed E-state index contributed by atoms with van der Waals surface area (Å²) in [6, 6.07) is 17.5. The minimum absolute atomic E-state index is 0.00282. The topological polar surface area (TPSA) is 22.0 Å². The molecule has 2 heteroatoms. The van der Waals surface area contributed by atoms with Crippen LogP contribution in [0.1, 0.15) is 5.56 Å². The van der Waals surface area contributed by atoms with Gasteiger partial charge in [-0.25, -0.2) is 0 Å². The molecule has 88 valence electrons. The van der Waals surface area contributed by atoms with Crippen molar-refractivity contribution in [2.75, 3.05) is 0 Å². The van der Waals surface area contributed by atoms with Gasteiger partial charge in [0.25, 0.3) is 5.56 Å². The predicted molar refractivity (Wildman–Crippen MR) is 74.3 cm³/mol. The lowest BCUT2D eigenvalue weighted by atomic mass is 10.1. The van der Waals surface area contributed by atoms with Crippen molar-refractivity contribution in [1.82, 2.24) is 4.57 Å². The van der Waals surface area contributed by atoms with Gasteiger partial charge in [0.1, 0.15) is 0 Å². The summed E-state index contributed by atoms with van der Waals surface area (Å²) in [5.41, 5.74) is 2.00. The fraction of sp³-hybridized carbons (Fsp3) is 0.0625. The quantitative estimate of drug-likeness (QED) is 0.634. The van der Waals surface area contributed by atoms with E-state index >= 15 is 0 Å². The van der Waals surface area contributed by atoms with Crippen molar-refractivity contribution in [3.05, 3.63) is 76.7 Å². The third-order valence-electron chi connectivity index (χ3n) is 3.09. The minimum Gasteiger partial charge on any atom is -0.283 e. The summed E-state index contributed by atoms with van der Waals surface area (Å²) in [5, 5.41) is 2.23. The molecule has 0 aliphatic rings. The van der Waals surface area contributed by atoms with Crippen molar-refractivity contribution in [1.29, 1.82) is 0 Å². The molecule has 0 saturated carbocycles. The molecule has 1 heterocycles. The molecule has 3 rings (SSSR count). The Morgan fingerprint density at radius 3 is 2.56 bits per heavy atom. The first-order valence-corrected chi connectivity index (χ1v) is 5.93. The summed E-state index contributed by atoms with van der Waals surface area (Å²) in [7, 11) is 0. The average molecular weight is 235 g/mol. The van der Waals surface area contributed by atoms with E-state index in [9.17, 15) is 4.79 Å². The third kappa shape index (κ3) is 1.72. The fourth-order valence-corrected chi connectivity index (χ4v) is 2.20. The van der Waals surface area contributed by atoms with E-state index in [1.165, 1.54) is 0 Å². The first kappa shape index (κ1) is 10.8. The van der Waals surface area contributed by atoms with E-state index in [1.807, 2.05) is 49.5 Å². The number of pyridine rings is 1. The maximum Gasteiger partial charge on any atom is 0.255 e. The van der Waals surface area contributed by atoms with Crippen LogP contribution in [-0.2, 0) is 0 Å². The van der Waals surface area contributed by atoms with Gasteiger partial charge < -0.3 is 0 Å². The maximum atomic E-state index is 12.0. The summed E-state index contributed by atoms with van der Waals surface area (Å²) in [6.45, 7) is 1.99. The second-order valence-electron chi connectivity index (χ2n) is 4.41. The van der Waals surface area contributed by atoms with Crippen molar-refractivity contribution in [2.24, 2.45) is 0 Å². The number of hydrogen-bond donors (Lipinski definition) is 0. The van der Waals surface area contributed by atoms with Gasteiger partial charge in [0.05, 0.1) is 5.69 Å². The normalized spacial score (nSPS) is 10.7. The van der Waals surface area contributed by atoms with E-state index < -0.39 is 0 Å². The highest BCUT2D eigenvalue weighted by atomic mass is 16.1. The molecule has 0 N–H and O–H groups in total. The number of nitrogens with zero attached hydrogens (tertiary/aromatic N) is 1. The predicted octanol–water partition coefficient (Wildman–Crippen LogP) is 3.30. The van der Waals surface area contributed by atoms with Crippen LogP contribution in [0.25, 0.3) is 16.5 Å². The summed E-state index contributed by atoms with van der Waals surface area (Å²) in [4.78, 5) is 12.0. The zero-order valence-corrected chi connectivity index (χ0v) is 10.1. The second kappa shape index (κ2) is 4.15. The molecule has 0 spiro atoms. The molecule has 2 nitrogen and oxygen atoms in total. The summed E-state index contributed by atoms with van der Waals surface area (Å²) in [6.07, 6.45) is 1.88. The van der Waals surface area contributed by atoms with Crippen molar-refractivity contribution in [2.45, 2.75) is 6.92 Å². The van der Waals surface area contributed by atoms with Gasteiger partial charge in [0.15, 0.2) is 0 Å². The molecule has 2 aromatic carbocycles. The largest absolute Gasteiger partial charge is 0.283 e. The Bertz CT molecular complexity index is 766. The van der Waals surface area contributed by atoms with Gasteiger partial charge in [-0.05, 0) is 23.9 Å². The average Bonchev–Trinajstić information content (AvgIpc) is 2.41. The summed E-state index contributed by atoms with van der Waals surface area (Å²) >= 11 is 0. The van der Waals surface area contributed by atoms with Crippen molar-refractivity contribution >= 4 is 10.8 Å². The number of fused-ring (bicyclic) bond motifs is 1. The van der Waals surface area contributed by atoms with Crippen LogP contribution in [0.2, 0.25) is 0 Å². The van der Waals surface area contributed by atoms with E-state index in [-0.39, 0.29) is 5.56 Å². The van der Waals surface area contributed by atoms with E-state index in [0.717, 1.165) is 22.0 Å². The molecule has 0 saturated heterocycles. The van der Waals surface area contributed by atoms with Gasteiger partial charge >= 0.3 is 0 Å². The Hall–Kier alpha value is -2.35. The zero-order valence-electron chi connectivity index (χ0n) is 10.1. The molecular formula is C16H13NO. The Morgan fingerprint density at radius 2 is 1.67 bits per heavy atom. The van der Waals surface area contributed by atoms with Crippen LogP contribution in [0.15, 0.2) is 65.6 Å². The highest BCUT2D eigenvalue weighted by Crippen LogP contribution is 2.21. The standard InChI is InChI=1S/C16H13NO/c1-12-9-10-16(18)17(11-12)15-8-4-6-13-5-2-3-7-14(13)15/h2-11H,1H3. The van der Waals surface area contributed by atoms with Crippen molar-refractivity contribution < 1.29 is 0 Å². The number of benzene rings is 2. The molecule has 0 radical (unpaired) electrons. The van der Waals surface area contributed by atoms with E-state index in [1.54, 1.807) is 10.6 Å². The molecule has 0 aliphatic heterocycles. The van der Waals surface area contributed by atoms with Crippen LogP contribution in [0, 0.1) is 6.92 Å². The highest BCUT2D eigenvalue weighted by Gasteiger charge is 2.04. The summed E-state index contributed by atoms with van der Waals surface area (Å²) in [5.74, 6) is 0. The van der Waals surface area contributed by atoms with E-state index in [2.05, 4.69) is 12.1 Å². The van der Waals surface area contributed by atoms with Gasteiger partial charge in [-0.3, -0.25) is 9.36 Å². The van der Waals surface area contributed by atoms with Crippen LogP contribution < -0.4 is 5.56 Å². The first-order chi connectivity index (χ1) is 8.75. The molecule has 0 bridgehead atoms. The minimum atomic E-state index is -0.00282. The molecule has 0 amide bonds. The Labute approximate surface area is 105 Å². The van der Waals surface area contributed by atoms with Gasteiger partial charge in [-0.15, -0.1) is 0 Å². The Balaban J connectivity index is 2.38. The number of aromatic nitrogens is 1. The van der Waals surface area contributed by atoms with Crippen LogP contribution in [0.5, 0.6) is 0 Å². The third-order valence-corrected chi connectivity index (χ3v) is 3.09. The number of rotatable bonds is 1. The maximum absolute atomic E-state index is 12.0. The molecule has 0 atom stereocenters. The molecule has 0 unspecified atom stereocenters. The van der Waals surface area contributed by atoms with Crippen LogP contribution in [-0.4, -0.2) is 4.57 Å². The lowest BCUT2D eigenvalue weighted by molar-refractivity contribution is 0.985. The molecule has 3 aromatic rings. The van der Waals surface area contributed by atoms with Crippen LogP contribution in [0.4, 0.5) is 0 Å². The van der Waals surface area contributed by atoms with Crippen molar-refractivity contribution in [3.8, 4) is 5.69 Å². The molecule has 0 fully saturated rings. The monoisotopic (exact) mass is 235 g/mol. The number of hydrogen-bond acceptors (Lipinski definition) is 1. The van der Waals surface area contributed by atoms with Gasteiger partial charge in [-0.1, -0.05) is 42.5 Å². The second-order valence-corrected chi connectivity index (χ2v) is 4.41. The smallest absolute Gasteiger partial charge is 0.255 e. The Morgan fingerprint density at radius 1 is 0.889 bits per heavy atom. The molecule has 18 heavy (non-hydrogen) atoms. The van der Waals surface area contributed by atoms with Crippen LogP contribution >= 0.6 is 0 Å². The lowest BCUT2D eigenvalue weighted by Gasteiger charge is -2.09. The molecule has 1 aromatic heterocycles. The molecular weight excluding hydrogens is 222 g/mol. The van der Waals surface area contributed by atoms with Gasteiger partial charge in [0, 0.05) is 17.6 Å². The lowest BCUT2D eigenvalue weighted by Crippen LogP contribution is -2.16. The zero-order chi connectivity index (χ0) is 12.5. The van der Waals surface area contributed by atoms with Gasteiger partial charge in [-0.2, -0.15) is 0 Å². The summed E-state index contributed by atoms with van der Waals surface area (Å²) < 4.78 is 1.71. The van der Waals surface area contributed by atoms with E-state index in [0.29, 0.717) is 0 Å². The number of aryl methyl sites for hydroxylation is 1. The van der Waals surface area contributed by atoms with Crippen LogP contribution in [0.3, 0.4) is 0 Å².